The highest BCUT2D eigenvalue weighted by Crippen LogP contribution is 2.27. The Morgan fingerprint density at radius 1 is 1.45 bits per heavy atom. The maximum atomic E-state index is 9.22. The molecule has 0 aromatic heterocycles. The summed E-state index contributed by atoms with van der Waals surface area (Å²) in [6.45, 7) is 0.910. The summed E-state index contributed by atoms with van der Waals surface area (Å²) >= 11 is 0. The van der Waals surface area contributed by atoms with Crippen LogP contribution in [0.5, 0.6) is 0 Å². The summed E-state index contributed by atoms with van der Waals surface area (Å²) in [5, 5.41) is 21.5. The van der Waals surface area contributed by atoms with E-state index >= 15 is 0 Å². The molecule has 1 fully saturated rings. The third-order valence-corrected chi connectivity index (χ3v) is 2.08. The first-order valence-electron chi connectivity index (χ1n) is 3.78. The summed E-state index contributed by atoms with van der Waals surface area (Å²) in [6.07, 6.45) is 4.68. The van der Waals surface area contributed by atoms with Crippen LogP contribution in [0.15, 0.2) is 23.4 Å². The van der Waals surface area contributed by atoms with Crippen LogP contribution in [0.3, 0.4) is 0 Å². The fourth-order valence-electron chi connectivity index (χ4n) is 1.50. The van der Waals surface area contributed by atoms with Crippen molar-refractivity contribution in [1.29, 1.82) is 0 Å². The summed E-state index contributed by atoms with van der Waals surface area (Å²) in [5.41, 5.74) is 2.10. The molecule has 0 saturated carbocycles. The lowest BCUT2D eigenvalue weighted by atomic mass is 10.00. The number of rotatable bonds is 0. The molecule has 3 nitrogen and oxygen atoms in total. The summed E-state index contributed by atoms with van der Waals surface area (Å²) in [7, 11) is 0. The molecular formula is C8H11NO2. The Morgan fingerprint density at radius 3 is 3.09 bits per heavy atom. The van der Waals surface area contributed by atoms with E-state index in [2.05, 4.69) is 5.32 Å². The topological polar surface area (TPSA) is 52.5 Å². The predicted molar refractivity (Wildman–Crippen MR) is 40.6 cm³/mol. The van der Waals surface area contributed by atoms with E-state index in [1.54, 1.807) is 0 Å². The Bertz CT molecular complexity index is 240. The van der Waals surface area contributed by atoms with Crippen LogP contribution in [-0.2, 0) is 0 Å². The van der Waals surface area contributed by atoms with Crippen molar-refractivity contribution >= 4 is 0 Å². The highest BCUT2D eigenvalue weighted by molar-refractivity contribution is 5.38. The quantitative estimate of drug-likeness (QED) is 0.425. The number of aliphatic hydroxyl groups is 2. The molecule has 0 aromatic carbocycles. The molecule has 2 aliphatic rings. The maximum Gasteiger partial charge on any atom is 0.188 e. The summed E-state index contributed by atoms with van der Waals surface area (Å²) in [4.78, 5) is 0. The minimum atomic E-state index is -1.63. The molecule has 1 heterocycles. The Hall–Kier alpha value is -0.800. The SMILES string of the molecule is OC1(O)C=C2NCCC2=CC1. The van der Waals surface area contributed by atoms with E-state index in [1.165, 1.54) is 11.6 Å². The van der Waals surface area contributed by atoms with E-state index in [9.17, 15) is 10.2 Å². The lowest BCUT2D eigenvalue weighted by molar-refractivity contribution is -0.116. The molecule has 1 aliphatic heterocycles. The van der Waals surface area contributed by atoms with Gasteiger partial charge in [0.25, 0.3) is 0 Å². The van der Waals surface area contributed by atoms with Crippen LogP contribution in [-0.4, -0.2) is 22.5 Å². The molecule has 0 aromatic rings. The fourth-order valence-corrected chi connectivity index (χ4v) is 1.50. The first-order chi connectivity index (χ1) is 5.17. The van der Waals surface area contributed by atoms with Gasteiger partial charge in [-0.3, -0.25) is 0 Å². The van der Waals surface area contributed by atoms with Gasteiger partial charge in [0.2, 0.25) is 0 Å². The highest BCUT2D eigenvalue weighted by atomic mass is 16.5. The van der Waals surface area contributed by atoms with Crippen LogP contribution < -0.4 is 5.32 Å². The van der Waals surface area contributed by atoms with Gasteiger partial charge in [-0.25, -0.2) is 0 Å². The standard InChI is InChI=1S/C8H11NO2/c10-8(11)3-1-6-2-4-9-7(6)5-8/h1,5,9-11H,2-4H2. The molecule has 0 spiro atoms. The van der Waals surface area contributed by atoms with Gasteiger partial charge in [-0.15, -0.1) is 0 Å². The molecule has 0 unspecified atom stereocenters. The average Bonchev–Trinajstić information content (AvgIpc) is 2.31. The minimum absolute atomic E-state index is 0.313. The Kier molecular flexibility index (Phi) is 1.31. The van der Waals surface area contributed by atoms with E-state index in [0.29, 0.717) is 6.42 Å². The second-order valence-corrected chi connectivity index (χ2v) is 3.05. The number of hydrogen-bond acceptors (Lipinski definition) is 3. The molecule has 3 heteroatoms. The van der Waals surface area contributed by atoms with Crippen molar-refractivity contribution in [2.75, 3.05) is 6.54 Å². The van der Waals surface area contributed by atoms with Crippen molar-refractivity contribution in [2.45, 2.75) is 18.6 Å². The zero-order valence-corrected chi connectivity index (χ0v) is 6.17. The lowest BCUT2D eigenvalue weighted by Gasteiger charge is -2.21. The predicted octanol–water partition coefficient (Wildman–Crippen LogP) is -0.125. The summed E-state index contributed by atoms with van der Waals surface area (Å²) in [6, 6.07) is 0. The molecule has 0 bridgehead atoms. The van der Waals surface area contributed by atoms with Crippen molar-refractivity contribution in [3.63, 3.8) is 0 Å². The largest absolute Gasteiger partial charge is 0.385 e. The van der Waals surface area contributed by atoms with Gasteiger partial charge in [-0.1, -0.05) is 6.08 Å². The van der Waals surface area contributed by atoms with Crippen LogP contribution in [0, 0.1) is 0 Å². The number of fused-ring (bicyclic) bond motifs is 1. The van der Waals surface area contributed by atoms with E-state index in [4.69, 9.17) is 0 Å². The second-order valence-electron chi connectivity index (χ2n) is 3.05. The third-order valence-electron chi connectivity index (χ3n) is 2.08. The normalized spacial score (nSPS) is 26.7. The molecule has 3 N–H and O–H groups in total. The zero-order chi connectivity index (χ0) is 7.90. The molecule has 0 amide bonds. The van der Waals surface area contributed by atoms with Crippen molar-refractivity contribution in [1.82, 2.24) is 5.32 Å². The molecular weight excluding hydrogens is 142 g/mol. The third kappa shape index (κ3) is 1.17. The maximum absolute atomic E-state index is 9.22. The molecule has 0 radical (unpaired) electrons. The summed E-state index contributed by atoms with van der Waals surface area (Å²) < 4.78 is 0. The smallest absolute Gasteiger partial charge is 0.188 e. The van der Waals surface area contributed by atoms with E-state index in [-0.39, 0.29) is 0 Å². The van der Waals surface area contributed by atoms with Crippen LogP contribution in [0.2, 0.25) is 0 Å². The Labute approximate surface area is 65.0 Å². The van der Waals surface area contributed by atoms with Crippen molar-refractivity contribution in [3.8, 4) is 0 Å². The van der Waals surface area contributed by atoms with E-state index < -0.39 is 5.79 Å². The molecule has 1 saturated heterocycles. The number of nitrogens with one attached hydrogen (secondary N) is 1. The van der Waals surface area contributed by atoms with Gasteiger partial charge in [0.05, 0.1) is 0 Å². The highest BCUT2D eigenvalue weighted by Gasteiger charge is 2.27. The summed E-state index contributed by atoms with van der Waals surface area (Å²) in [5.74, 6) is -1.63. The zero-order valence-electron chi connectivity index (χ0n) is 6.17. The fraction of sp³-hybridized carbons (Fsp3) is 0.500. The molecule has 11 heavy (non-hydrogen) atoms. The van der Waals surface area contributed by atoms with Gasteiger partial charge in [-0.2, -0.15) is 0 Å². The number of hydrogen-bond donors (Lipinski definition) is 3. The van der Waals surface area contributed by atoms with Crippen LogP contribution in [0.1, 0.15) is 12.8 Å². The molecule has 1 aliphatic carbocycles. The first kappa shape index (κ1) is 6.88. The lowest BCUT2D eigenvalue weighted by Crippen LogP contribution is -2.28. The van der Waals surface area contributed by atoms with Crippen molar-refractivity contribution in [2.24, 2.45) is 0 Å². The van der Waals surface area contributed by atoms with Gasteiger partial charge in [0.1, 0.15) is 0 Å². The molecule has 2 rings (SSSR count). The molecule has 0 atom stereocenters. The van der Waals surface area contributed by atoms with E-state index in [0.717, 1.165) is 18.7 Å². The van der Waals surface area contributed by atoms with Crippen LogP contribution in [0.4, 0.5) is 0 Å². The van der Waals surface area contributed by atoms with Crippen molar-refractivity contribution < 1.29 is 10.2 Å². The monoisotopic (exact) mass is 153 g/mol. The van der Waals surface area contributed by atoms with Crippen LogP contribution in [0.25, 0.3) is 0 Å². The Morgan fingerprint density at radius 2 is 2.27 bits per heavy atom. The number of allylic oxidation sites excluding steroid dienone is 1. The van der Waals surface area contributed by atoms with Crippen molar-refractivity contribution in [3.05, 3.63) is 23.4 Å². The first-order valence-corrected chi connectivity index (χ1v) is 3.78. The minimum Gasteiger partial charge on any atom is -0.385 e. The second kappa shape index (κ2) is 2.09. The van der Waals surface area contributed by atoms with Gasteiger partial charge < -0.3 is 15.5 Å². The average molecular weight is 153 g/mol. The van der Waals surface area contributed by atoms with Gasteiger partial charge in [0.15, 0.2) is 5.79 Å². The molecule has 60 valence electrons. The Balaban J connectivity index is 2.31. The van der Waals surface area contributed by atoms with E-state index in [1.807, 2.05) is 6.08 Å². The van der Waals surface area contributed by atoms with Crippen LogP contribution >= 0.6 is 0 Å². The van der Waals surface area contributed by atoms with Gasteiger partial charge in [-0.05, 0) is 18.1 Å². The van der Waals surface area contributed by atoms with Gasteiger partial charge >= 0.3 is 0 Å². The van der Waals surface area contributed by atoms with Gasteiger partial charge in [0, 0.05) is 18.7 Å².